The van der Waals surface area contributed by atoms with Crippen LogP contribution in [0.5, 0.6) is 0 Å². The summed E-state index contributed by atoms with van der Waals surface area (Å²) < 4.78 is 2.38. The maximum Gasteiger partial charge on any atom is 0.195 e. The molecule has 0 amide bonds. The van der Waals surface area contributed by atoms with E-state index < -0.39 is 0 Å². The smallest absolute Gasteiger partial charge is 0.195 e. The average Bonchev–Trinajstić information content (AvgIpc) is 2.10. The van der Waals surface area contributed by atoms with Gasteiger partial charge in [-0.2, -0.15) is 0 Å². The molecule has 1 aromatic heterocycles. The molecule has 0 atom stereocenters. The lowest BCUT2D eigenvalue weighted by Gasteiger charge is -1.91. The predicted molar refractivity (Wildman–Crippen MR) is 40.9 cm³/mol. The Morgan fingerprint density at radius 3 is 2.60 bits per heavy atom. The Balaban J connectivity index is 3.15. The maximum atomic E-state index is 10.8. The quantitative estimate of drug-likeness (QED) is 0.646. The van der Waals surface area contributed by atoms with Crippen LogP contribution in [0.1, 0.15) is 17.5 Å². The molecule has 0 radical (unpaired) electrons. The Morgan fingerprint density at radius 2 is 2.40 bits per heavy atom. The Morgan fingerprint density at radius 1 is 1.80 bits per heavy atom. The fourth-order valence-corrected chi connectivity index (χ4v) is 1.23. The van der Waals surface area contributed by atoms with E-state index in [9.17, 15) is 4.79 Å². The van der Waals surface area contributed by atoms with Crippen molar-refractivity contribution in [3.05, 3.63) is 16.6 Å². The molecule has 0 aromatic carbocycles. The van der Waals surface area contributed by atoms with Gasteiger partial charge in [-0.3, -0.25) is 4.79 Å². The molecule has 0 spiro atoms. The zero-order chi connectivity index (χ0) is 7.72. The normalized spacial score (nSPS) is 9.90. The van der Waals surface area contributed by atoms with Crippen LogP contribution < -0.4 is 0 Å². The van der Waals surface area contributed by atoms with Gasteiger partial charge in [-0.15, -0.1) is 0 Å². The number of carbonyl (C=O) groups excluding carboxylic acids is 1. The van der Waals surface area contributed by atoms with E-state index in [4.69, 9.17) is 0 Å². The van der Waals surface area contributed by atoms with Crippen molar-refractivity contribution in [3.8, 4) is 0 Å². The molecular weight excluding hydrogens is 196 g/mol. The number of nitrogens with zero attached hydrogens (tertiary/aromatic N) is 2. The number of hydrogen-bond acceptors (Lipinski definition) is 2. The van der Waals surface area contributed by atoms with Gasteiger partial charge in [0.1, 0.15) is 4.60 Å². The number of halogens is 1. The molecule has 54 valence electrons. The van der Waals surface area contributed by atoms with E-state index in [1.807, 2.05) is 0 Å². The first-order valence-electron chi connectivity index (χ1n) is 2.81. The lowest BCUT2D eigenvalue weighted by molar-refractivity contribution is 0.100. The first kappa shape index (κ1) is 7.47. The predicted octanol–water partition coefficient (Wildman–Crippen LogP) is 1.39. The van der Waals surface area contributed by atoms with Crippen LogP contribution in [0.4, 0.5) is 0 Å². The SMILES string of the molecule is CC(=O)c1nc(Br)cn1C. The molecule has 0 aliphatic carbocycles. The summed E-state index contributed by atoms with van der Waals surface area (Å²) in [5.41, 5.74) is 0. The number of imidazole rings is 1. The largest absolute Gasteiger partial charge is 0.330 e. The van der Waals surface area contributed by atoms with E-state index >= 15 is 0 Å². The van der Waals surface area contributed by atoms with E-state index in [1.54, 1.807) is 17.8 Å². The first-order chi connectivity index (χ1) is 4.61. The van der Waals surface area contributed by atoms with Crippen LogP contribution in [0.3, 0.4) is 0 Å². The highest BCUT2D eigenvalue weighted by atomic mass is 79.9. The molecule has 3 nitrogen and oxygen atoms in total. The number of aromatic nitrogens is 2. The zero-order valence-corrected chi connectivity index (χ0v) is 7.34. The second-order valence-electron chi connectivity index (χ2n) is 2.05. The van der Waals surface area contributed by atoms with Gasteiger partial charge in [-0.25, -0.2) is 4.98 Å². The number of hydrogen-bond donors (Lipinski definition) is 0. The molecule has 0 bridgehead atoms. The second-order valence-corrected chi connectivity index (χ2v) is 2.87. The summed E-state index contributed by atoms with van der Waals surface area (Å²) in [7, 11) is 1.79. The minimum Gasteiger partial charge on any atom is -0.330 e. The van der Waals surface area contributed by atoms with Crippen LogP contribution in [0.15, 0.2) is 10.8 Å². The lowest BCUT2D eigenvalue weighted by atomic mass is 10.4. The summed E-state index contributed by atoms with van der Waals surface area (Å²) in [5.74, 6) is 0.458. The summed E-state index contributed by atoms with van der Waals surface area (Å²) in [5, 5.41) is 0. The Hall–Kier alpha value is -0.640. The van der Waals surface area contributed by atoms with Crippen LogP contribution in [0, 0.1) is 0 Å². The first-order valence-corrected chi connectivity index (χ1v) is 3.60. The van der Waals surface area contributed by atoms with Gasteiger partial charge >= 0.3 is 0 Å². The van der Waals surface area contributed by atoms with Crippen molar-refractivity contribution in [2.45, 2.75) is 6.92 Å². The van der Waals surface area contributed by atoms with E-state index in [2.05, 4.69) is 20.9 Å². The molecule has 4 heteroatoms. The van der Waals surface area contributed by atoms with Gasteiger partial charge in [-0.1, -0.05) is 0 Å². The van der Waals surface area contributed by atoms with Crippen LogP contribution in [0.2, 0.25) is 0 Å². The van der Waals surface area contributed by atoms with Gasteiger partial charge in [0, 0.05) is 20.2 Å². The minimum absolute atomic E-state index is 0.0202. The van der Waals surface area contributed by atoms with Crippen LogP contribution in [-0.4, -0.2) is 15.3 Å². The average molecular weight is 203 g/mol. The molecule has 10 heavy (non-hydrogen) atoms. The van der Waals surface area contributed by atoms with E-state index in [0.717, 1.165) is 0 Å². The monoisotopic (exact) mass is 202 g/mol. The van der Waals surface area contributed by atoms with Crippen molar-refractivity contribution < 1.29 is 4.79 Å². The van der Waals surface area contributed by atoms with Crippen molar-refractivity contribution in [1.82, 2.24) is 9.55 Å². The fraction of sp³-hybridized carbons (Fsp3) is 0.333. The molecular formula is C6H7BrN2O. The van der Waals surface area contributed by atoms with Crippen LogP contribution >= 0.6 is 15.9 Å². The van der Waals surface area contributed by atoms with Gasteiger partial charge in [0.25, 0.3) is 0 Å². The standard InChI is InChI=1S/C6H7BrN2O/c1-4(10)6-8-5(7)3-9(6)2/h3H,1-2H3. The number of ketones is 1. The fourth-order valence-electron chi connectivity index (χ4n) is 0.757. The number of aryl methyl sites for hydroxylation is 1. The highest BCUT2D eigenvalue weighted by molar-refractivity contribution is 9.10. The molecule has 1 heterocycles. The van der Waals surface area contributed by atoms with Crippen LogP contribution in [-0.2, 0) is 7.05 Å². The molecule has 0 aliphatic rings. The number of carbonyl (C=O) groups is 1. The Kier molecular flexibility index (Phi) is 1.89. The minimum atomic E-state index is -0.0202. The topological polar surface area (TPSA) is 34.9 Å². The highest BCUT2D eigenvalue weighted by Gasteiger charge is 2.06. The van der Waals surface area contributed by atoms with Crippen molar-refractivity contribution in [2.24, 2.45) is 7.05 Å². The van der Waals surface area contributed by atoms with Crippen molar-refractivity contribution >= 4 is 21.7 Å². The molecule has 0 N–H and O–H groups in total. The number of rotatable bonds is 1. The third kappa shape index (κ3) is 1.26. The molecule has 0 aliphatic heterocycles. The number of Topliss-reactive ketones (excluding diaryl/α,β-unsaturated/α-hetero) is 1. The lowest BCUT2D eigenvalue weighted by Crippen LogP contribution is -2.01. The van der Waals surface area contributed by atoms with Crippen molar-refractivity contribution in [3.63, 3.8) is 0 Å². The second kappa shape index (κ2) is 2.54. The maximum absolute atomic E-state index is 10.8. The molecule has 1 rings (SSSR count). The van der Waals surface area contributed by atoms with Crippen molar-refractivity contribution in [1.29, 1.82) is 0 Å². The van der Waals surface area contributed by atoms with Gasteiger partial charge < -0.3 is 4.57 Å². The summed E-state index contributed by atoms with van der Waals surface area (Å²) in [6.45, 7) is 1.49. The Bertz CT molecular complexity index is 267. The third-order valence-electron chi connectivity index (χ3n) is 1.16. The summed E-state index contributed by atoms with van der Waals surface area (Å²) in [6.07, 6.45) is 1.75. The van der Waals surface area contributed by atoms with E-state index in [1.165, 1.54) is 6.92 Å². The van der Waals surface area contributed by atoms with Gasteiger partial charge in [0.05, 0.1) is 0 Å². The molecule has 0 unspecified atom stereocenters. The van der Waals surface area contributed by atoms with Crippen molar-refractivity contribution in [2.75, 3.05) is 0 Å². The zero-order valence-electron chi connectivity index (χ0n) is 5.76. The van der Waals surface area contributed by atoms with E-state index in [-0.39, 0.29) is 5.78 Å². The Labute approximate surface area is 67.2 Å². The molecule has 0 fully saturated rings. The molecule has 0 saturated heterocycles. The van der Waals surface area contributed by atoms with E-state index in [0.29, 0.717) is 10.4 Å². The summed E-state index contributed by atoms with van der Waals surface area (Å²) in [6, 6.07) is 0. The summed E-state index contributed by atoms with van der Waals surface area (Å²) >= 11 is 3.17. The summed E-state index contributed by atoms with van der Waals surface area (Å²) in [4.78, 5) is 14.7. The highest BCUT2D eigenvalue weighted by Crippen LogP contribution is 2.07. The molecule has 1 aromatic rings. The third-order valence-corrected chi connectivity index (χ3v) is 1.54. The van der Waals surface area contributed by atoms with Gasteiger partial charge in [-0.05, 0) is 15.9 Å². The van der Waals surface area contributed by atoms with Gasteiger partial charge in [0.2, 0.25) is 0 Å². The molecule has 0 saturated carbocycles. The van der Waals surface area contributed by atoms with Crippen LogP contribution in [0.25, 0.3) is 0 Å². The van der Waals surface area contributed by atoms with Gasteiger partial charge in [0.15, 0.2) is 11.6 Å².